The lowest BCUT2D eigenvalue weighted by atomic mass is 9.80. The molecule has 2 saturated carbocycles. The molecular formula is C32H42FN5O4. The Labute approximate surface area is 247 Å². The highest BCUT2D eigenvalue weighted by atomic mass is 19.1. The molecule has 10 heteroatoms. The molecule has 6 rings (SSSR count). The maximum Gasteiger partial charge on any atom is 0.408 e. The van der Waals surface area contributed by atoms with Crippen LogP contribution in [0.15, 0.2) is 24.3 Å². The smallest absolute Gasteiger partial charge is 0.408 e. The van der Waals surface area contributed by atoms with Crippen LogP contribution in [0.5, 0.6) is 0 Å². The van der Waals surface area contributed by atoms with Crippen LogP contribution in [0.4, 0.5) is 9.18 Å². The van der Waals surface area contributed by atoms with Crippen LogP contribution in [0.2, 0.25) is 0 Å². The second-order valence-electron chi connectivity index (χ2n) is 13.9. The van der Waals surface area contributed by atoms with E-state index in [1.807, 2.05) is 21.9 Å². The fraction of sp³-hybridized carbons (Fsp3) is 0.688. The number of nitrogens with one attached hydrogen (secondary N) is 1. The summed E-state index contributed by atoms with van der Waals surface area (Å²) in [5.74, 6) is 0.142. The van der Waals surface area contributed by atoms with Gasteiger partial charge in [-0.25, -0.2) is 9.18 Å². The molecule has 0 aromatic heterocycles. The molecule has 1 aromatic carbocycles. The third kappa shape index (κ3) is 5.60. The molecule has 2 bridgehead atoms. The number of benzene rings is 1. The zero-order valence-corrected chi connectivity index (χ0v) is 24.8. The molecule has 3 aliphatic heterocycles. The lowest BCUT2D eigenvalue weighted by Gasteiger charge is -2.44. The minimum atomic E-state index is -0.929. The zero-order chi connectivity index (χ0) is 29.8. The van der Waals surface area contributed by atoms with Gasteiger partial charge in [-0.3, -0.25) is 14.5 Å². The summed E-state index contributed by atoms with van der Waals surface area (Å²) < 4.78 is 19.3. The molecule has 226 valence electrons. The topological polar surface area (TPSA) is 106 Å². The van der Waals surface area contributed by atoms with Crippen molar-refractivity contribution in [3.8, 4) is 6.07 Å². The number of piperazine rings is 1. The molecule has 1 N–H and O–H groups in total. The van der Waals surface area contributed by atoms with Gasteiger partial charge in [0.15, 0.2) is 0 Å². The van der Waals surface area contributed by atoms with Crippen molar-refractivity contribution in [1.29, 1.82) is 5.26 Å². The number of amides is 3. The van der Waals surface area contributed by atoms with Gasteiger partial charge in [0.1, 0.15) is 23.5 Å². The van der Waals surface area contributed by atoms with Crippen molar-refractivity contribution in [1.82, 2.24) is 20.0 Å². The average molecular weight is 580 g/mol. The number of likely N-dealkylation sites (tertiary alicyclic amines) is 3. The molecule has 0 spiro atoms. The van der Waals surface area contributed by atoms with Crippen LogP contribution in [-0.4, -0.2) is 81.5 Å². The van der Waals surface area contributed by atoms with Gasteiger partial charge < -0.3 is 19.9 Å². The Hall–Kier alpha value is -3.19. The summed E-state index contributed by atoms with van der Waals surface area (Å²) in [6, 6.07) is 6.96. The summed E-state index contributed by atoms with van der Waals surface area (Å²) in [5, 5.41) is 12.5. The molecule has 0 unspecified atom stereocenters. The minimum Gasteiger partial charge on any atom is -0.444 e. The minimum absolute atomic E-state index is 0.0248. The second kappa shape index (κ2) is 11.1. The Bertz CT molecular complexity index is 1250. The van der Waals surface area contributed by atoms with E-state index in [0.29, 0.717) is 31.2 Å². The predicted octanol–water partition coefficient (Wildman–Crippen LogP) is 4.14. The van der Waals surface area contributed by atoms with Crippen molar-refractivity contribution in [2.24, 2.45) is 11.8 Å². The van der Waals surface area contributed by atoms with Crippen LogP contribution in [0.3, 0.4) is 0 Å². The number of halogens is 1. The van der Waals surface area contributed by atoms with Gasteiger partial charge in [0, 0.05) is 25.2 Å². The summed E-state index contributed by atoms with van der Waals surface area (Å²) in [7, 11) is 0. The Morgan fingerprint density at radius 3 is 2.48 bits per heavy atom. The van der Waals surface area contributed by atoms with Crippen LogP contribution in [0.1, 0.15) is 83.7 Å². The largest absolute Gasteiger partial charge is 0.444 e. The Morgan fingerprint density at radius 2 is 1.83 bits per heavy atom. The van der Waals surface area contributed by atoms with Gasteiger partial charge in [-0.2, -0.15) is 5.26 Å². The molecule has 3 heterocycles. The number of rotatable bonds is 7. The number of piperidine rings is 1. The molecule has 7 atom stereocenters. The summed E-state index contributed by atoms with van der Waals surface area (Å²) in [5.41, 5.74) is 0.241. The van der Waals surface area contributed by atoms with Crippen LogP contribution in [0, 0.1) is 29.0 Å². The van der Waals surface area contributed by atoms with E-state index >= 15 is 0 Å². The first-order valence-corrected chi connectivity index (χ1v) is 15.6. The molecule has 2 aliphatic carbocycles. The molecule has 5 fully saturated rings. The quantitative estimate of drug-likeness (QED) is 0.521. The van der Waals surface area contributed by atoms with Crippen molar-refractivity contribution in [3.63, 3.8) is 0 Å². The van der Waals surface area contributed by atoms with Crippen molar-refractivity contribution in [3.05, 3.63) is 35.6 Å². The molecule has 0 radical (unpaired) electrons. The standard InChI is InChI=1S/C32H42FN5O4/c1-32(2,3)42-31(41)35-25(29(39)37-23(16-34)13-21-14-26(21)37)18-36-17-24-15-27(36)30(40)38(24)28(19-7-5-4-6-8-19)20-9-11-22(33)12-10-20/h9-12,19,21,23-28H,4-8,13-15,17-18H2,1-3H3,(H,35,41)/t21-,23+,24+,25+,26+,27+,28-/m1/s1. The highest BCUT2D eigenvalue weighted by molar-refractivity contribution is 5.89. The fourth-order valence-electron chi connectivity index (χ4n) is 7.96. The van der Waals surface area contributed by atoms with Crippen molar-refractivity contribution >= 4 is 17.9 Å². The summed E-state index contributed by atoms with van der Waals surface area (Å²) >= 11 is 0. The van der Waals surface area contributed by atoms with Gasteiger partial charge in [0.05, 0.1) is 18.2 Å². The van der Waals surface area contributed by atoms with Crippen LogP contribution < -0.4 is 5.32 Å². The number of fused-ring (bicyclic) bond motifs is 3. The van der Waals surface area contributed by atoms with E-state index in [2.05, 4.69) is 11.4 Å². The summed E-state index contributed by atoms with van der Waals surface area (Å²) in [4.78, 5) is 46.5. The highest BCUT2D eigenvalue weighted by Crippen LogP contribution is 2.48. The lowest BCUT2D eigenvalue weighted by Crippen LogP contribution is -2.59. The monoisotopic (exact) mass is 579 g/mol. The molecule has 1 aromatic rings. The SMILES string of the molecule is CC(C)(C)OC(=O)N[C@@H](CN1C[C@@H]2C[C@H]1C(=O)N2[C@@H](c1ccc(F)cc1)C1CCCCC1)C(=O)N1[C@H](C#N)C[C@@H]2C[C@@H]21. The molecule has 42 heavy (non-hydrogen) atoms. The van der Waals surface area contributed by atoms with Gasteiger partial charge in [0.25, 0.3) is 0 Å². The normalized spacial score (nSPS) is 30.5. The van der Waals surface area contributed by atoms with E-state index in [-0.39, 0.29) is 42.3 Å². The number of carbonyl (C=O) groups is 3. The Morgan fingerprint density at radius 1 is 1.12 bits per heavy atom. The molecule has 3 saturated heterocycles. The third-order valence-electron chi connectivity index (χ3n) is 9.84. The number of hydrogen-bond donors (Lipinski definition) is 1. The molecule has 3 amide bonds. The maximum atomic E-state index is 14.0. The first-order chi connectivity index (χ1) is 20.0. The molecule has 9 nitrogen and oxygen atoms in total. The van der Waals surface area contributed by atoms with E-state index in [1.165, 1.54) is 18.6 Å². The Balaban J connectivity index is 1.21. The maximum absolute atomic E-state index is 14.0. The van der Waals surface area contributed by atoms with Crippen molar-refractivity contribution in [2.75, 3.05) is 13.1 Å². The lowest BCUT2D eigenvalue weighted by molar-refractivity contribution is -0.143. The van der Waals surface area contributed by atoms with Gasteiger partial charge in [-0.15, -0.1) is 0 Å². The third-order valence-corrected chi connectivity index (χ3v) is 9.84. The number of hydrogen-bond acceptors (Lipinski definition) is 6. The number of nitrogens with zero attached hydrogens (tertiary/aromatic N) is 4. The predicted molar refractivity (Wildman–Crippen MR) is 152 cm³/mol. The number of ether oxygens (including phenoxy) is 1. The number of alkyl carbamates (subject to hydrolysis) is 1. The van der Waals surface area contributed by atoms with E-state index in [1.54, 1.807) is 25.7 Å². The first-order valence-electron chi connectivity index (χ1n) is 15.6. The van der Waals surface area contributed by atoms with E-state index in [4.69, 9.17) is 4.74 Å². The highest BCUT2D eigenvalue weighted by Gasteiger charge is 2.57. The number of carbonyl (C=O) groups excluding carboxylic acids is 3. The van der Waals surface area contributed by atoms with Gasteiger partial charge in [0.2, 0.25) is 11.8 Å². The van der Waals surface area contributed by atoms with E-state index in [9.17, 15) is 24.0 Å². The molecule has 5 aliphatic rings. The van der Waals surface area contributed by atoms with E-state index in [0.717, 1.165) is 37.7 Å². The van der Waals surface area contributed by atoms with Crippen molar-refractivity contribution in [2.45, 2.75) is 114 Å². The van der Waals surface area contributed by atoms with Gasteiger partial charge in [-0.1, -0.05) is 31.4 Å². The second-order valence-corrected chi connectivity index (χ2v) is 13.9. The average Bonchev–Trinajstić information content (AvgIpc) is 3.27. The number of nitriles is 1. The zero-order valence-electron chi connectivity index (χ0n) is 24.8. The molecular weight excluding hydrogens is 537 g/mol. The fourth-order valence-corrected chi connectivity index (χ4v) is 7.96. The first kappa shape index (κ1) is 28.9. The van der Waals surface area contributed by atoms with Gasteiger partial charge in [-0.05, 0) is 82.4 Å². The van der Waals surface area contributed by atoms with Crippen LogP contribution >= 0.6 is 0 Å². The summed E-state index contributed by atoms with van der Waals surface area (Å²) in [6.45, 7) is 6.06. The van der Waals surface area contributed by atoms with E-state index < -0.39 is 29.8 Å². The van der Waals surface area contributed by atoms with Crippen molar-refractivity contribution < 1.29 is 23.5 Å². The Kier molecular flexibility index (Phi) is 7.67. The van der Waals surface area contributed by atoms with Crippen LogP contribution in [-0.2, 0) is 14.3 Å². The summed E-state index contributed by atoms with van der Waals surface area (Å²) in [6.07, 6.45) is 7.07. The van der Waals surface area contributed by atoms with Crippen LogP contribution in [0.25, 0.3) is 0 Å². The van der Waals surface area contributed by atoms with Gasteiger partial charge >= 0.3 is 6.09 Å².